The molecule has 0 radical (unpaired) electrons. The van der Waals surface area contributed by atoms with E-state index in [-0.39, 0.29) is 23.8 Å². The Balaban J connectivity index is 2.02. The largest absolute Gasteiger partial charge is 0.491 e. The van der Waals surface area contributed by atoms with E-state index >= 15 is 0 Å². The van der Waals surface area contributed by atoms with E-state index in [2.05, 4.69) is 52.5 Å². The Morgan fingerprint density at radius 1 is 1.15 bits per heavy atom. The minimum Gasteiger partial charge on any atom is -0.491 e. The maximum absolute atomic E-state index is 10.7. The number of piperidine rings is 1. The lowest BCUT2D eigenvalue weighted by Crippen LogP contribution is -2.63. The van der Waals surface area contributed by atoms with Crippen LogP contribution in [0, 0.1) is 0 Å². The molecule has 1 aliphatic heterocycles. The molecule has 1 fully saturated rings. The summed E-state index contributed by atoms with van der Waals surface area (Å²) in [5.41, 5.74) is 0.886. The smallest absolute Gasteiger partial charge is 0.122 e. The van der Waals surface area contributed by atoms with Gasteiger partial charge in [-0.3, -0.25) is 4.90 Å². The normalized spacial score (nSPS) is 22.8. The van der Waals surface area contributed by atoms with Gasteiger partial charge in [0.2, 0.25) is 0 Å². The van der Waals surface area contributed by atoms with Crippen molar-refractivity contribution in [2.24, 2.45) is 0 Å². The van der Waals surface area contributed by atoms with E-state index in [1.807, 2.05) is 18.2 Å². The fraction of sp³-hybridized carbons (Fsp3) is 0.727. The number of nitrogens with zero attached hydrogens (tertiary/aromatic N) is 1. The molecule has 1 aromatic carbocycles. The molecule has 1 heterocycles. The highest BCUT2D eigenvalue weighted by molar-refractivity contribution is 5.35. The predicted octanol–water partition coefficient (Wildman–Crippen LogP) is 3.95. The number of aliphatic hydroxyl groups is 2. The van der Waals surface area contributed by atoms with Crippen LogP contribution in [-0.2, 0) is 0 Å². The van der Waals surface area contributed by atoms with Crippen molar-refractivity contribution in [3.8, 4) is 5.75 Å². The number of β-amino-alcohol motifs (C(OH)–C–C–N with tert-alkyl or cyclic N) is 1. The summed E-state index contributed by atoms with van der Waals surface area (Å²) in [6, 6.07) is 8.11. The maximum atomic E-state index is 10.7. The number of hydrogen-bond donors (Lipinski definition) is 2. The summed E-state index contributed by atoms with van der Waals surface area (Å²) >= 11 is 0. The molecule has 0 saturated carbocycles. The molecule has 0 spiro atoms. The van der Waals surface area contributed by atoms with Crippen molar-refractivity contribution in [3.05, 3.63) is 29.8 Å². The average Bonchev–Trinajstić information content (AvgIpc) is 2.54. The summed E-state index contributed by atoms with van der Waals surface area (Å²) in [7, 11) is 0. The number of ether oxygens (including phenoxy) is 1. The summed E-state index contributed by atoms with van der Waals surface area (Å²) in [6.45, 7) is 13.8. The Labute approximate surface area is 159 Å². The molecule has 26 heavy (non-hydrogen) atoms. The molecule has 148 valence electrons. The van der Waals surface area contributed by atoms with Crippen LogP contribution in [-0.4, -0.2) is 51.6 Å². The molecule has 1 saturated heterocycles. The van der Waals surface area contributed by atoms with Gasteiger partial charge in [-0.2, -0.15) is 0 Å². The first-order chi connectivity index (χ1) is 12.1. The molecular weight excluding hydrogens is 326 g/mol. The molecule has 0 bridgehead atoms. The van der Waals surface area contributed by atoms with Crippen LogP contribution in [0.3, 0.4) is 0 Å². The maximum Gasteiger partial charge on any atom is 0.122 e. The highest BCUT2D eigenvalue weighted by Crippen LogP contribution is 2.38. The van der Waals surface area contributed by atoms with Crippen molar-refractivity contribution < 1.29 is 14.9 Å². The van der Waals surface area contributed by atoms with E-state index < -0.39 is 6.10 Å². The molecule has 1 aliphatic rings. The van der Waals surface area contributed by atoms with Crippen LogP contribution >= 0.6 is 0 Å². The van der Waals surface area contributed by atoms with Gasteiger partial charge in [-0.15, -0.1) is 0 Å². The van der Waals surface area contributed by atoms with Crippen molar-refractivity contribution in [2.75, 3.05) is 13.2 Å². The lowest BCUT2D eigenvalue weighted by atomic mass is 9.78. The second-order valence-corrected chi connectivity index (χ2v) is 9.11. The fourth-order valence-electron chi connectivity index (χ4n) is 4.45. The van der Waals surface area contributed by atoms with E-state index in [9.17, 15) is 10.2 Å². The Kier molecular flexibility index (Phi) is 6.75. The van der Waals surface area contributed by atoms with Gasteiger partial charge in [-0.05, 0) is 64.5 Å². The summed E-state index contributed by atoms with van der Waals surface area (Å²) in [4.78, 5) is 2.32. The SMILES string of the molecule is CC[C@@H](C)c1ccccc1OC[C@H](O)CN1C(C)(C)CC(O)CC1(C)C. The molecule has 0 amide bonds. The zero-order chi connectivity index (χ0) is 19.5. The van der Waals surface area contributed by atoms with Crippen molar-refractivity contribution in [3.63, 3.8) is 0 Å². The third-order valence-electron chi connectivity index (χ3n) is 5.82. The molecule has 2 atom stereocenters. The summed E-state index contributed by atoms with van der Waals surface area (Å²) in [5, 5.41) is 20.8. The first-order valence-electron chi connectivity index (χ1n) is 9.92. The number of rotatable bonds is 7. The van der Waals surface area contributed by atoms with E-state index in [1.165, 1.54) is 5.56 Å². The number of para-hydroxylation sites is 1. The highest BCUT2D eigenvalue weighted by atomic mass is 16.5. The zero-order valence-electron chi connectivity index (χ0n) is 17.3. The quantitative estimate of drug-likeness (QED) is 0.770. The van der Waals surface area contributed by atoms with E-state index in [1.54, 1.807) is 0 Å². The van der Waals surface area contributed by atoms with Crippen molar-refractivity contribution in [1.29, 1.82) is 0 Å². The van der Waals surface area contributed by atoms with Crippen LogP contribution in [0.4, 0.5) is 0 Å². The standard InChI is InChI=1S/C22H37NO3/c1-7-16(2)19-10-8-9-11-20(19)26-15-18(25)14-23-21(3,4)12-17(24)13-22(23,5)6/h8-11,16-18,24-25H,7,12-15H2,1-6H3/t16-,18-/m1/s1. The van der Waals surface area contributed by atoms with Crippen LogP contribution in [0.5, 0.6) is 5.75 Å². The Morgan fingerprint density at radius 2 is 1.73 bits per heavy atom. The summed E-state index contributed by atoms with van der Waals surface area (Å²) in [6.07, 6.45) is 1.64. The molecule has 4 nitrogen and oxygen atoms in total. The summed E-state index contributed by atoms with van der Waals surface area (Å²) < 4.78 is 5.99. The molecule has 2 N–H and O–H groups in total. The minimum atomic E-state index is -0.575. The molecule has 4 heteroatoms. The second-order valence-electron chi connectivity index (χ2n) is 9.11. The number of hydrogen-bond acceptors (Lipinski definition) is 4. The monoisotopic (exact) mass is 363 g/mol. The van der Waals surface area contributed by atoms with Gasteiger partial charge in [-0.1, -0.05) is 32.0 Å². The van der Waals surface area contributed by atoms with Crippen LogP contribution in [0.25, 0.3) is 0 Å². The van der Waals surface area contributed by atoms with Gasteiger partial charge in [0.25, 0.3) is 0 Å². The predicted molar refractivity (Wildman–Crippen MR) is 107 cm³/mol. The first-order valence-corrected chi connectivity index (χ1v) is 9.92. The van der Waals surface area contributed by atoms with Gasteiger partial charge in [-0.25, -0.2) is 0 Å². The van der Waals surface area contributed by atoms with Gasteiger partial charge in [0, 0.05) is 17.6 Å². The Bertz CT molecular complexity index is 567. The fourth-order valence-corrected chi connectivity index (χ4v) is 4.45. The highest BCUT2D eigenvalue weighted by Gasteiger charge is 2.45. The van der Waals surface area contributed by atoms with E-state index in [4.69, 9.17) is 4.74 Å². The number of aliphatic hydroxyl groups excluding tert-OH is 2. The van der Waals surface area contributed by atoms with E-state index in [0.717, 1.165) is 25.0 Å². The Hall–Kier alpha value is -1.10. The lowest BCUT2D eigenvalue weighted by Gasteiger charge is -2.55. The van der Waals surface area contributed by atoms with Crippen molar-refractivity contribution in [2.45, 2.75) is 90.0 Å². The van der Waals surface area contributed by atoms with Crippen molar-refractivity contribution >= 4 is 0 Å². The number of benzene rings is 1. The molecule has 0 aromatic heterocycles. The van der Waals surface area contributed by atoms with Crippen LogP contribution in [0.1, 0.15) is 72.3 Å². The van der Waals surface area contributed by atoms with Crippen LogP contribution < -0.4 is 4.74 Å². The van der Waals surface area contributed by atoms with Gasteiger partial charge < -0.3 is 14.9 Å². The van der Waals surface area contributed by atoms with Gasteiger partial charge in [0.05, 0.1) is 6.10 Å². The first kappa shape index (κ1) is 21.2. The zero-order valence-corrected chi connectivity index (χ0v) is 17.3. The number of likely N-dealkylation sites (tertiary alicyclic amines) is 1. The average molecular weight is 364 g/mol. The third kappa shape index (κ3) is 4.99. The lowest BCUT2D eigenvalue weighted by molar-refractivity contribution is -0.1000. The molecular formula is C22H37NO3. The van der Waals surface area contributed by atoms with E-state index in [0.29, 0.717) is 12.5 Å². The second kappa shape index (κ2) is 8.28. The molecule has 2 rings (SSSR count). The topological polar surface area (TPSA) is 52.9 Å². The van der Waals surface area contributed by atoms with Gasteiger partial charge in [0.1, 0.15) is 18.5 Å². The molecule has 1 aromatic rings. The van der Waals surface area contributed by atoms with Gasteiger partial charge >= 0.3 is 0 Å². The van der Waals surface area contributed by atoms with Crippen LogP contribution in [0.15, 0.2) is 24.3 Å². The minimum absolute atomic E-state index is 0.156. The van der Waals surface area contributed by atoms with Crippen molar-refractivity contribution in [1.82, 2.24) is 4.90 Å². The molecule has 0 unspecified atom stereocenters. The summed E-state index contributed by atoms with van der Waals surface area (Å²) in [5.74, 6) is 1.30. The van der Waals surface area contributed by atoms with Gasteiger partial charge in [0.15, 0.2) is 0 Å². The third-order valence-corrected chi connectivity index (χ3v) is 5.82. The Morgan fingerprint density at radius 3 is 2.31 bits per heavy atom. The molecule has 0 aliphatic carbocycles. The van der Waals surface area contributed by atoms with Crippen LogP contribution in [0.2, 0.25) is 0 Å².